The average molecular weight is 184 g/mol. The van der Waals surface area contributed by atoms with Crippen molar-refractivity contribution in [3.05, 3.63) is 12.2 Å². The van der Waals surface area contributed by atoms with Crippen LogP contribution in [-0.4, -0.2) is 26.3 Å². The molecule has 1 aliphatic carbocycles. The summed E-state index contributed by atoms with van der Waals surface area (Å²) >= 11 is 0. The van der Waals surface area contributed by atoms with Crippen LogP contribution in [0.5, 0.6) is 0 Å². The van der Waals surface area contributed by atoms with E-state index in [1.54, 1.807) is 7.11 Å². The van der Waals surface area contributed by atoms with Gasteiger partial charge in [-0.05, 0) is 12.3 Å². The summed E-state index contributed by atoms with van der Waals surface area (Å²) < 4.78 is 9.78. The summed E-state index contributed by atoms with van der Waals surface area (Å²) in [7, 11) is 1.59. The van der Waals surface area contributed by atoms with Gasteiger partial charge >= 0.3 is 5.97 Å². The molecule has 0 unspecified atom stereocenters. The maximum Gasteiger partial charge on any atom is 0.312 e. The molecule has 0 aromatic carbocycles. The first-order valence-electron chi connectivity index (χ1n) is 4.58. The van der Waals surface area contributed by atoms with E-state index in [1.165, 1.54) is 0 Å². The average Bonchev–Trinajstić information content (AvgIpc) is 2.52. The van der Waals surface area contributed by atoms with Crippen molar-refractivity contribution in [1.29, 1.82) is 0 Å². The largest absolute Gasteiger partial charge is 0.463 e. The molecule has 0 aliphatic heterocycles. The van der Waals surface area contributed by atoms with Crippen LogP contribution >= 0.6 is 0 Å². The molecule has 0 saturated carbocycles. The predicted octanol–water partition coefficient (Wildman–Crippen LogP) is 1.39. The fraction of sp³-hybridized carbons (Fsp3) is 0.700. The fourth-order valence-corrected chi connectivity index (χ4v) is 1.39. The molecule has 74 valence electrons. The first-order chi connectivity index (χ1) is 6.24. The Balaban J connectivity index is 2.21. The summed E-state index contributed by atoms with van der Waals surface area (Å²) in [5.74, 6) is 0.337. The van der Waals surface area contributed by atoms with Crippen molar-refractivity contribution < 1.29 is 14.3 Å². The zero-order valence-electron chi connectivity index (χ0n) is 8.16. The van der Waals surface area contributed by atoms with Gasteiger partial charge in [-0.3, -0.25) is 4.79 Å². The molecule has 3 heteroatoms. The van der Waals surface area contributed by atoms with Crippen molar-refractivity contribution >= 4 is 5.97 Å². The zero-order valence-corrected chi connectivity index (χ0v) is 8.16. The Kier molecular flexibility index (Phi) is 3.96. The van der Waals surface area contributed by atoms with Crippen LogP contribution in [0, 0.1) is 11.8 Å². The van der Waals surface area contributed by atoms with Gasteiger partial charge in [0, 0.05) is 7.11 Å². The van der Waals surface area contributed by atoms with Crippen molar-refractivity contribution in [2.24, 2.45) is 11.8 Å². The summed E-state index contributed by atoms with van der Waals surface area (Å²) in [5.41, 5.74) is 0. The number of hydrogen-bond acceptors (Lipinski definition) is 3. The van der Waals surface area contributed by atoms with Crippen LogP contribution in [0.4, 0.5) is 0 Å². The van der Waals surface area contributed by atoms with Crippen LogP contribution in [0.1, 0.15) is 13.3 Å². The van der Waals surface area contributed by atoms with Gasteiger partial charge in [-0.2, -0.15) is 0 Å². The Hall–Kier alpha value is -0.830. The van der Waals surface area contributed by atoms with E-state index in [1.807, 2.05) is 6.08 Å². The second kappa shape index (κ2) is 5.02. The van der Waals surface area contributed by atoms with Crippen LogP contribution < -0.4 is 0 Å². The van der Waals surface area contributed by atoms with Crippen molar-refractivity contribution in [1.82, 2.24) is 0 Å². The van der Waals surface area contributed by atoms with E-state index < -0.39 is 0 Å². The summed E-state index contributed by atoms with van der Waals surface area (Å²) in [6.07, 6.45) is 4.87. The Bertz CT molecular complexity index is 198. The smallest absolute Gasteiger partial charge is 0.312 e. The second-order valence-corrected chi connectivity index (χ2v) is 3.36. The van der Waals surface area contributed by atoms with Crippen molar-refractivity contribution in [3.8, 4) is 0 Å². The SMILES string of the molecule is COCCOC(=O)[C@@H]1C=C[C@H](C)C1. The Morgan fingerprint density at radius 2 is 2.23 bits per heavy atom. The molecule has 0 N–H and O–H groups in total. The Morgan fingerprint density at radius 1 is 1.46 bits per heavy atom. The number of rotatable bonds is 4. The molecule has 0 bridgehead atoms. The number of hydrogen-bond donors (Lipinski definition) is 0. The highest BCUT2D eigenvalue weighted by atomic mass is 16.6. The third kappa shape index (κ3) is 3.19. The van der Waals surface area contributed by atoms with E-state index in [2.05, 4.69) is 13.0 Å². The molecule has 3 nitrogen and oxygen atoms in total. The minimum Gasteiger partial charge on any atom is -0.463 e. The zero-order chi connectivity index (χ0) is 9.68. The molecule has 0 radical (unpaired) electrons. The minimum absolute atomic E-state index is 0.0353. The lowest BCUT2D eigenvalue weighted by molar-refractivity contribution is -0.148. The molecule has 2 atom stereocenters. The molecule has 0 aromatic rings. The van der Waals surface area contributed by atoms with Crippen molar-refractivity contribution in [3.63, 3.8) is 0 Å². The predicted molar refractivity (Wildman–Crippen MR) is 49.2 cm³/mol. The Morgan fingerprint density at radius 3 is 2.77 bits per heavy atom. The molecule has 1 rings (SSSR count). The molecule has 1 aliphatic rings. The molecule has 0 saturated heterocycles. The summed E-state index contributed by atoms with van der Waals surface area (Å²) in [5, 5.41) is 0. The highest BCUT2D eigenvalue weighted by Gasteiger charge is 2.23. The maximum absolute atomic E-state index is 11.3. The second-order valence-electron chi connectivity index (χ2n) is 3.36. The lowest BCUT2D eigenvalue weighted by Gasteiger charge is -2.08. The van der Waals surface area contributed by atoms with E-state index in [-0.39, 0.29) is 11.9 Å². The lowest BCUT2D eigenvalue weighted by atomic mass is 10.1. The van der Waals surface area contributed by atoms with E-state index in [9.17, 15) is 4.79 Å². The van der Waals surface area contributed by atoms with Crippen LogP contribution in [0.2, 0.25) is 0 Å². The number of ether oxygens (including phenoxy) is 2. The normalized spacial score (nSPS) is 26.3. The minimum atomic E-state index is -0.127. The molecule has 0 spiro atoms. The van der Waals surface area contributed by atoms with E-state index >= 15 is 0 Å². The fourth-order valence-electron chi connectivity index (χ4n) is 1.39. The lowest BCUT2D eigenvalue weighted by Crippen LogP contribution is -2.17. The van der Waals surface area contributed by atoms with Gasteiger partial charge in [0.05, 0.1) is 12.5 Å². The van der Waals surface area contributed by atoms with E-state index in [0.29, 0.717) is 19.1 Å². The number of allylic oxidation sites excluding steroid dienone is 1. The van der Waals surface area contributed by atoms with Gasteiger partial charge in [-0.15, -0.1) is 0 Å². The van der Waals surface area contributed by atoms with Gasteiger partial charge in [0.1, 0.15) is 6.61 Å². The summed E-state index contributed by atoms with van der Waals surface area (Å²) in [4.78, 5) is 11.3. The van der Waals surface area contributed by atoms with E-state index in [4.69, 9.17) is 9.47 Å². The van der Waals surface area contributed by atoms with E-state index in [0.717, 1.165) is 6.42 Å². The van der Waals surface area contributed by atoms with Gasteiger partial charge in [0.2, 0.25) is 0 Å². The van der Waals surface area contributed by atoms with Gasteiger partial charge in [-0.1, -0.05) is 19.1 Å². The number of carbonyl (C=O) groups excluding carboxylic acids is 1. The molecular weight excluding hydrogens is 168 g/mol. The molecule has 0 aromatic heterocycles. The van der Waals surface area contributed by atoms with Gasteiger partial charge < -0.3 is 9.47 Å². The van der Waals surface area contributed by atoms with Crippen LogP contribution in [0.25, 0.3) is 0 Å². The van der Waals surface area contributed by atoms with Crippen molar-refractivity contribution in [2.75, 3.05) is 20.3 Å². The maximum atomic E-state index is 11.3. The highest BCUT2D eigenvalue weighted by molar-refractivity contribution is 5.75. The number of carbonyl (C=O) groups is 1. The third-order valence-electron chi connectivity index (χ3n) is 2.13. The highest BCUT2D eigenvalue weighted by Crippen LogP contribution is 2.23. The molecule has 0 heterocycles. The van der Waals surface area contributed by atoms with Gasteiger partial charge in [0.25, 0.3) is 0 Å². The molecule has 0 amide bonds. The topological polar surface area (TPSA) is 35.5 Å². The molecular formula is C10H16O3. The number of methoxy groups -OCH3 is 1. The summed E-state index contributed by atoms with van der Waals surface area (Å²) in [6, 6.07) is 0. The van der Waals surface area contributed by atoms with Gasteiger partial charge in [0.15, 0.2) is 0 Å². The van der Waals surface area contributed by atoms with Crippen molar-refractivity contribution in [2.45, 2.75) is 13.3 Å². The molecule has 13 heavy (non-hydrogen) atoms. The first-order valence-corrected chi connectivity index (χ1v) is 4.58. The monoisotopic (exact) mass is 184 g/mol. The van der Waals surface area contributed by atoms with Gasteiger partial charge in [-0.25, -0.2) is 0 Å². The Labute approximate surface area is 78.7 Å². The first kappa shape index (κ1) is 10.3. The summed E-state index contributed by atoms with van der Waals surface area (Å²) in [6.45, 7) is 2.92. The quantitative estimate of drug-likeness (QED) is 0.376. The van der Waals surface area contributed by atoms with Crippen LogP contribution in [0.15, 0.2) is 12.2 Å². The molecule has 0 fully saturated rings. The standard InChI is InChI=1S/C10H16O3/c1-8-3-4-9(7-8)10(11)13-6-5-12-2/h3-4,8-9H,5-7H2,1-2H3/t8-,9+/m0/s1. The van der Waals surface area contributed by atoms with Crippen LogP contribution in [0.3, 0.4) is 0 Å². The van der Waals surface area contributed by atoms with Crippen LogP contribution in [-0.2, 0) is 14.3 Å². The third-order valence-corrected chi connectivity index (χ3v) is 2.13. The number of esters is 1.